The van der Waals surface area contributed by atoms with Crippen molar-refractivity contribution in [1.29, 1.82) is 0 Å². The SMILES string of the molecule is C[C@H](N=C1NS(=O)(=O)c2ccccc21)C(=O)OCC(=O)N1CC(=O)Nc2ccccc21. The van der Waals surface area contributed by atoms with Crippen molar-refractivity contribution < 1.29 is 27.5 Å². The summed E-state index contributed by atoms with van der Waals surface area (Å²) in [6.45, 7) is 0.653. The lowest BCUT2D eigenvalue weighted by molar-refractivity contribution is -0.148. The number of ether oxygens (including phenoxy) is 1. The Morgan fingerprint density at radius 3 is 2.68 bits per heavy atom. The number of esters is 1. The van der Waals surface area contributed by atoms with E-state index < -0.39 is 34.5 Å². The van der Waals surface area contributed by atoms with E-state index in [0.29, 0.717) is 16.9 Å². The number of rotatable bonds is 4. The number of hydrogen-bond acceptors (Lipinski definition) is 7. The Morgan fingerprint density at radius 1 is 1.16 bits per heavy atom. The Labute approximate surface area is 178 Å². The van der Waals surface area contributed by atoms with Gasteiger partial charge in [0.05, 0.1) is 16.3 Å². The molecule has 1 atom stereocenters. The minimum absolute atomic E-state index is 0.0352. The molecule has 2 heterocycles. The van der Waals surface area contributed by atoms with E-state index in [1.54, 1.807) is 42.5 Å². The molecular formula is C20H18N4O6S. The van der Waals surface area contributed by atoms with E-state index in [-0.39, 0.29) is 23.2 Å². The van der Waals surface area contributed by atoms with Gasteiger partial charge in [-0.2, -0.15) is 0 Å². The zero-order chi connectivity index (χ0) is 22.2. The van der Waals surface area contributed by atoms with Gasteiger partial charge in [-0.15, -0.1) is 0 Å². The average molecular weight is 442 g/mol. The van der Waals surface area contributed by atoms with Crippen LogP contribution < -0.4 is 14.9 Å². The summed E-state index contributed by atoms with van der Waals surface area (Å²) in [7, 11) is -3.73. The molecule has 0 bridgehead atoms. The molecule has 2 aliphatic heterocycles. The molecule has 0 saturated carbocycles. The molecule has 31 heavy (non-hydrogen) atoms. The van der Waals surface area contributed by atoms with E-state index in [9.17, 15) is 22.8 Å². The Morgan fingerprint density at radius 2 is 1.87 bits per heavy atom. The van der Waals surface area contributed by atoms with Crippen LogP contribution in [0.2, 0.25) is 0 Å². The number of para-hydroxylation sites is 2. The van der Waals surface area contributed by atoms with Crippen LogP contribution in [0.1, 0.15) is 12.5 Å². The number of sulfonamides is 1. The fourth-order valence-corrected chi connectivity index (χ4v) is 4.50. The van der Waals surface area contributed by atoms with Gasteiger partial charge in [-0.25, -0.2) is 13.2 Å². The number of amides is 2. The lowest BCUT2D eigenvalue weighted by Gasteiger charge is -2.28. The number of hydrogen-bond donors (Lipinski definition) is 2. The highest BCUT2D eigenvalue weighted by Gasteiger charge is 2.32. The van der Waals surface area contributed by atoms with Gasteiger partial charge in [-0.3, -0.25) is 24.2 Å². The largest absolute Gasteiger partial charge is 0.454 e. The first-order valence-electron chi connectivity index (χ1n) is 9.32. The van der Waals surface area contributed by atoms with Gasteiger partial charge in [-0.05, 0) is 31.2 Å². The van der Waals surface area contributed by atoms with Gasteiger partial charge in [0.25, 0.3) is 15.9 Å². The lowest BCUT2D eigenvalue weighted by atomic mass is 10.2. The fourth-order valence-electron chi connectivity index (χ4n) is 3.26. The molecule has 0 radical (unpaired) electrons. The van der Waals surface area contributed by atoms with Crippen molar-refractivity contribution in [2.45, 2.75) is 17.9 Å². The Hall–Kier alpha value is -3.73. The molecule has 2 aromatic rings. The van der Waals surface area contributed by atoms with Gasteiger partial charge < -0.3 is 10.1 Å². The number of carbonyl (C=O) groups excluding carboxylic acids is 3. The van der Waals surface area contributed by atoms with E-state index in [1.807, 2.05) is 0 Å². The minimum atomic E-state index is -3.73. The summed E-state index contributed by atoms with van der Waals surface area (Å²) in [5.41, 5.74) is 1.35. The first kappa shape index (κ1) is 20.5. The van der Waals surface area contributed by atoms with Crippen molar-refractivity contribution in [1.82, 2.24) is 4.72 Å². The molecule has 10 nitrogen and oxygen atoms in total. The van der Waals surface area contributed by atoms with Crippen LogP contribution in [-0.2, 0) is 29.1 Å². The van der Waals surface area contributed by atoms with Gasteiger partial charge in [0, 0.05) is 5.56 Å². The third kappa shape index (κ3) is 3.99. The number of nitrogens with zero attached hydrogens (tertiary/aromatic N) is 2. The average Bonchev–Trinajstić information content (AvgIpc) is 3.01. The molecule has 0 aliphatic carbocycles. The first-order valence-corrected chi connectivity index (χ1v) is 10.8. The second-order valence-electron chi connectivity index (χ2n) is 6.91. The number of anilines is 2. The van der Waals surface area contributed by atoms with Crippen LogP contribution in [0.3, 0.4) is 0 Å². The summed E-state index contributed by atoms with van der Waals surface area (Å²) in [5, 5.41) is 2.67. The highest BCUT2D eigenvalue weighted by atomic mass is 32.2. The summed E-state index contributed by atoms with van der Waals surface area (Å²) < 4.78 is 31.7. The summed E-state index contributed by atoms with van der Waals surface area (Å²) in [5.74, 6) is -1.69. The zero-order valence-electron chi connectivity index (χ0n) is 16.4. The lowest BCUT2D eigenvalue weighted by Crippen LogP contribution is -2.44. The second-order valence-corrected chi connectivity index (χ2v) is 8.56. The van der Waals surface area contributed by atoms with Crippen LogP contribution in [0.4, 0.5) is 11.4 Å². The molecule has 0 unspecified atom stereocenters. The van der Waals surface area contributed by atoms with Crippen molar-refractivity contribution in [3.8, 4) is 0 Å². The normalized spacial score (nSPS) is 18.4. The fraction of sp³-hybridized carbons (Fsp3) is 0.200. The maximum absolute atomic E-state index is 12.6. The summed E-state index contributed by atoms with van der Waals surface area (Å²) in [6.07, 6.45) is 0. The van der Waals surface area contributed by atoms with Crippen LogP contribution in [0.25, 0.3) is 0 Å². The number of aliphatic imine (C=N–C) groups is 1. The Bertz CT molecular complexity index is 1220. The number of carbonyl (C=O) groups is 3. The molecule has 160 valence electrons. The van der Waals surface area contributed by atoms with Crippen LogP contribution >= 0.6 is 0 Å². The number of nitrogens with one attached hydrogen (secondary N) is 2. The highest BCUT2D eigenvalue weighted by Crippen LogP contribution is 2.29. The van der Waals surface area contributed by atoms with E-state index in [2.05, 4.69) is 15.0 Å². The van der Waals surface area contributed by atoms with Crippen molar-refractivity contribution in [3.05, 3.63) is 54.1 Å². The monoisotopic (exact) mass is 442 g/mol. The maximum atomic E-state index is 12.6. The number of amidine groups is 1. The highest BCUT2D eigenvalue weighted by molar-refractivity contribution is 7.90. The van der Waals surface area contributed by atoms with E-state index in [4.69, 9.17) is 4.74 Å². The molecule has 0 aromatic heterocycles. The third-order valence-electron chi connectivity index (χ3n) is 4.74. The van der Waals surface area contributed by atoms with Crippen LogP contribution in [0.15, 0.2) is 58.4 Å². The Balaban J connectivity index is 1.44. The van der Waals surface area contributed by atoms with E-state index in [0.717, 1.165) is 0 Å². The second kappa shape index (κ2) is 7.84. The van der Waals surface area contributed by atoms with Crippen molar-refractivity contribution in [3.63, 3.8) is 0 Å². The van der Waals surface area contributed by atoms with E-state index >= 15 is 0 Å². The van der Waals surface area contributed by atoms with E-state index in [1.165, 1.54) is 17.9 Å². The predicted molar refractivity (Wildman–Crippen MR) is 111 cm³/mol. The van der Waals surface area contributed by atoms with Gasteiger partial charge >= 0.3 is 5.97 Å². The van der Waals surface area contributed by atoms with Crippen LogP contribution in [-0.4, -0.2) is 51.2 Å². The van der Waals surface area contributed by atoms with Gasteiger partial charge in [-0.1, -0.05) is 24.3 Å². The quantitative estimate of drug-likeness (QED) is 0.668. The molecular weight excluding hydrogens is 424 g/mol. The van der Waals surface area contributed by atoms with Crippen molar-refractivity contribution in [2.75, 3.05) is 23.4 Å². The predicted octanol–water partition coefficient (Wildman–Crippen LogP) is 0.642. The summed E-state index contributed by atoms with van der Waals surface area (Å²) >= 11 is 0. The standard InChI is InChI=1S/C20H18N4O6S/c1-12(21-19-13-6-2-5-9-16(13)31(28,29)23-19)20(27)30-11-18(26)24-10-17(25)22-14-7-3-4-8-15(14)24/h2-9,12H,10-11H2,1H3,(H,21,23)(H,22,25)/t12-/m0/s1. The maximum Gasteiger partial charge on any atom is 0.331 e. The van der Waals surface area contributed by atoms with Gasteiger partial charge in [0.1, 0.15) is 18.4 Å². The summed E-state index contributed by atoms with van der Waals surface area (Å²) in [6, 6.07) is 12.0. The third-order valence-corrected chi connectivity index (χ3v) is 6.13. The zero-order valence-corrected chi connectivity index (χ0v) is 17.2. The Kier molecular flexibility index (Phi) is 5.19. The molecule has 2 aromatic carbocycles. The van der Waals surface area contributed by atoms with Crippen molar-refractivity contribution in [2.24, 2.45) is 4.99 Å². The van der Waals surface area contributed by atoms with Crippen molar-refractivity contribution >= 4 is 45.0 Å². The number of benzene rings is 2. The van der Waals surface area contributed by atoms with Crippen LogP contribution in [0, 0.1) is 0 Å². The molecule has 2 amide bonds. The van der Waals surface area contributed by atoms with Gasteiger partial charge in [0.2, 0.25) is 5.91 Å². The molecule has 0 spiro atoms. The minimum Gasteiger partial charge on any atom is -0.454 e. The van der Waals surface area contributed by atoms with Gasteiger partial charge in [0.15, 0.2) is 6.61 Å². The number of fused-ring (bicyclic) bond motifs is 2. The smallest absolute Gasteiger partial charge is 0.331 e. The molecule has 11 heteroatoms. The molecule has 0 saturated heterocycles. The molecule has 2 N–H and O–H groups in total. The molecule has 4 rings (SSSR count). The van der Waals surface area contributed by atoms with Crippen LogP contribution in [0.5, 0.6) is 0 Å². The topological polar surface area (TPSA) is 134 Å². The molecule has 0 fully saturated rings. The first-order chi connectivity index (χ1) is 14.8. The summed E-state index contributed by atoms with van der Waals surface area (Å²) in [4.78, 5) is 42.2. The molecule has 2 aliphatic rings.